The lowest BCUT2D eigenvalue weighted by Crippen LogP contribution is -2.04. The quantitative estimate of drug-likeness (QED) is 0.740. The monoisotopic (exact) mass is 270 g/mol. The topological polar surface area (TPSA) is 35.5 Å². The van der Waals surface area contributed by atoms with Gasteiger partial charge in [-0.2, -0.15) is 8.78 Å². The molecule has 1 aromatic rings. The Morgan fingerprint density at radius 2 is 2.00 bits per heavy atom. The van der Waals surface area contributed by atoms with Crippen LogP contribution in [-0.4, -0.2) is 19.0 Å². The third-order valence-electron chi connectivity index (χ3n) is 2.42. The smallest absolute Gasteiger partial charge is 0.387 e. The number of alkyl halides is 2. The summed E-state index contributed by atoms with van der Waals surface area (Å²) >= 11 is 0. The van der Waals surface area contributed by atoms with Gasteiger partial charge in [-0.05, 0) is 50.1 Å². The fourth-order valence-electron chi connectivity index (χ4n) is 1.43. The third kappa shape index (κ3) is 4.69. The van der Waals surface area contributed by atoms with Gasteiger partial charge in [0.05, 0.1) is 6.61 Å². The first-order valence-corrected chi connectivity index (χ1v) is 5.85. The van der Waals surface area contributed by atoms with Gasteiger partial charge in [0.1, 0.15) is 0 Å². The number of benzene rings is 1. The van der Waals surface area contributed by atoms with Gasteiger partial charge in [-0.3, -0.25) is 4.79 Å². The summed E-state index contributed by atoms with van der Waals surface area (Å²) in [4.78, 5) is 11.1. The zero-order valence-corrected chi connectivity index (χ0v) is 11.1. The van der Waals surface area contributed by atoms with Gasteiger partial charge >= 0.3 is 6.61 Å². The summed E-state index contributed by atoms with van der Waals surface area (Å²) in [6, 6.07) is 4.55. The molecule has 0 atom stereocenters. The van der Waals surface area contributed by atoms with Crippen molar-refractivity contribution in [3.8, 4) is 11.5 Å². The van der Waals surface area contributed by atoms with Crippen molar-refractivity contribution in [3.05, 3.63) is 29.3 Å². The summed E-state index contributed by atoms with van der Waals surface area (Å²) in [5.74, 6) is 0.160. The molecule has 0 spiro atoms. The number of hydrogen-bond acceptors (Lipinski definition) is 3. The molecule has 1 rings (SSSR count). The van der Waals surface area contributed by atoms with Crippen LogP contribution in [0.5, 0.6) is 11.5 Å². The molecule has 0 aliphatic heterocycles. The average Bonchev–Trinajstić information content (AvgIpc) is 2.32. The zero-order chi connectivity index (χ0) is 14.4. The van der Waals surface area contributed by atoms with Crippen LogP contribution in [0.25, 0.3) is 6.08 Å². The molecule has 0 aliphatic rings. The minimum absolute atomic E-state index is 0.0190. The van der Waals surface area contributed by atoms with E-state index < -0.39 is 6.61 Å². The number of hydrogen-bond donors (Lipinski definition) is 0. The molecular formula is C14H16F2O3. The number of ketones is 1. The molecule has 0 bridgehead atoms. The normalized spacial score (nSPS) is 11.6. The maximum absolute atomic E-state index is 12.2. The van der Waals surface area contributed by atoms with Crippen LogP contribution in [0.2, 0.25) is 0 Å². The van der Waals surface area contributed by atoms with Crippen LogP contribution in [0.4, 0.5) is 8.78 Å². The summed E-state index contributed by atoms with van der Waals surface area (Å²) in [5, 5.41) is 0. The van der Waals surface area contributed by atoms with Crippen molar-refractivity contribution in [2.24, 2.45) is 0 Å². The van der Waals surface area contributed by atoms with Gasteiger partial charge in [0.25, 0.3) is 0 Å². The highest BCUT2D eigenvalue weighted by Crippen LogP contribution is 2.30. The number of ether oxygens (including phenoxy) is 2. The van der Waals surface area contributed by atoms with E-state index in [4.69, 9.17) is 4.74 Å². The Morgan fingerprint density at radius 1 is 1.32 bits per heavy atom. The third-order valence-corrected chi connectivity index (χ3v) is 2.42. The zero-order valence-electron chi connectivity index (χ0n) is 11.1. The van der Waals surface area contributed by atoms with Crippen molar-refractivity contribution in [2.75, 3.05) is 6.61 Å². The second-order valence-electron chi connectivity index (χ2n) is 3.90. The standard InChI is InChI=1S/C14H16F2O3/c1-4-18-13-8-11(7-9(2)10(3)17)5-6-12(13)19-14(15)16/h5-8,14H,4H2,1-3H3/b9-7-. The van der Waals surface area contributed by atoms with Crippen LogP contribution >= 0.6 is 0 Å². The first-order chi connectivity index (χ1) is 8.93. The van der Waals surface area contributed by atoms with Crippen LogP contribution in [0.15, 0.2) is 23.8 Å². The van der Waals surface area contributed by atoms with Gasteiger partial charge in [-0.25, -0.2) is 0 Å². The van der Waals surface area contributed by atoms with E-state index in [9.17, 15) is 13.6 Å². The van der Waals surface area contributed by atoms with Crippen molar-refractivity contribution in [2.45, 2.75) is 27.4 Å². The highest BCUT2D eigenvalue weighted by Gasteiger charge is 2.11. The Balaban J connectivity index is 3.08. The Labute approximate surface area is 110 Å². The summed E-state index contributed by atoms with van der Waals surface area (Å²) in [6.45, 7) is 2.32. The molecule has 1 aromatic carbocycles. The largest absolute Gasteiger partial charge is 0.490 e. The maximum atomic E-state index is 12.2. The molecule has 0 saturated heterocycles. The molecule has 0 heterocycles. The molecule has 3 nitrogen and oxygen atoms in total. The van der Waals surface area contributed by atoms with Crippen LogP contribution in [0, 0.1) is 0 Å². The number of carbonyl (C=O) groups is 1. The van der Waals surface area contributed by atoms with Crippen LogP contribution in [0.3, 0.4) is 0 Å². The summed E-state index contributed by atoms with van der Waals surface area (Å²) < 4.78 is 34.1. The minimum atomic E-state index is -2.90. The SMILES string of the molecule is CCOc1cc(/C=C(/C)C(C)=O)ccc1OC(F)F. The number of carbonyl (C=O) groups excluding carboxylic acids is 1. The van der Waals surface area contributed by atoms with Crippen LogP contribution in [0.1, 0.15) is 26.3 Å². The van der Waals surface area contributed by atoms with E-state index in [1.54, 1.807) is 32.1 Å². The predicted octanol–water partition coefficient (Wildman–Crippen LogP) is 3.68. The van der Waals surface area contributed by atoms with Gasteiger partial charge in [0.15, 0.2) is 17.3 Å². The molecule has 0 unspecified atom stereocenters. The van der Waals surface area contributed by atoms with Gasteiger partial charge in [-0.15, -0.1) is 0 Å². The fourth-order valence-corrected chi connectivity index (χ4v) is 1.43. The number of rotatable bonds is 6. The van der Waals surface area contributed by atoms with E-state index in [1.807, 2.05) is 0 Å². The van der Waals surface area contributed by atoms with E-state index in [0.29, 0.717) is 17.7 Å². The Bertz CT molecular complexity index is 482. The Kier molecular flexibility index (Phi) is 5.48. The summed E-state index contributed by atoms with van der Waals surface area (Å²) in [6.07, 6.45) is 1.66. The van der Waals surface area contributed by atoms with E-state index >= 15 is 0 Å². The predicted molar refractivity (Wildman–Crippen MR) is 68.6 cm³/mol. The second-order valence-corrected chi connectivity index (χ2v) is 3.90. The first kappa shape index (κ1) is 15.1. The summed E-state index contributed by atoms with van der Waals surface area (Å²) in [5.41, 5.74) is 1.27. The van der Waals surface area contributed by atoms with Gasteiger partial charge < -0.3 is 9.47 Å². The molecule has 0 fully saturated rings. The highest BCUT2D eigenvalue weighted by molar-refractivity contribution is 5.97. The Morgan fingerprint density at radius 3 is 2.53 bits per heavy atom. The molecule has 0 amide bonds. The van der Waals surface area contributed by atoms with E-state index in [1.165, 1.54) is 13.0 Å². The van der Waals surface area contributed by atoms with Crippen molar-refractivity contribution in [3.63, 3.8) is 0 Å². The summed E-state index contributed by atoms with van der Waals surface area (Å²) in [7, 11) is 0. The lowest BCUT2D eigenvalue weighted by Gasteiger charge is -2.11. The van der Waals surface area contributed by atoms with Gasteiger partial charge in [0, 0.05) is 0 Å². The van der Waals surface area contributed by atoms with E-state index in [-0.39, 0.29) is 17.3 Å². The molecule has 0 saturated carbocycles. The van der Waals surface area contributed by atoms with Crippen molar-refractivity contribution < 1.29 is 23.0 Å². The molecule has 104 valence electrons. The van der Waals surface area contributed by atoms with Crippen LogP contribution < -0.4 is 9.47 Å². The van der Waals surface area contributed by atoms with E-state index in [2.05, 4.69) is 4.74 Å². The van der Waals surface area contributed by atoms with Crippen molar-refractivity contribution >= 4 is 11.9 Å². The van der Waals surface area contributed by atoms with E-state index in [0.717, 1.165) is 0 Å². The number of allylic oxidation sites excluding steroid dienone is 1. The minimum Gasteiger partial charge on any atom is -0.490 e. The maximum Gasteiger partial charge on any atom is 0.387 e. The van der Waals surface area contributed by atoms with Gasteiger partial charge in [0.2, 0.25) is 0 Å². The number of halogens is 2. The molecule has 0 N–H and O–H groups in total. The molecule has 0 aliphatic carbocycles. The molecule has 0 aromatic heterocycles. The van der Waals surface area contributed by atoms with Crippen molar-refractivity contribution in [1.29, 1.82) is 0 Å². The average molecular weight is 270 g/mol. The van der Waals surface area contributed by atoms with Crippen molar-refractivity contribution in [1.82, 2.24) is 0 Å². The number of Topliss-reactive ketones (excluding diaryl/α,β-unsaturated/α-hetero) is 1. The molecular weight excluding hydrogens is 254 g/mol. The molecule has 0 radical (unpaired) electrons. The molecule has 19 heavy (non-hydrogen) atoms. The fraction of sp³-hybridized carbons (Fsp3) is 0.357. The molecule has 5 heteroatoms. The van der Waals surface area contributed by atoms with Gasteiger partial charge in [-0.1, -0.05) is 6.07 Å². The second kappa shape index (κ2) is 6.87. The van der Waals surface area contributed by atoms with Crippen LogP contribution in [-0.2, 0) is 4.79 Å². The Hall–Kier alpha value is -1.91. The first-order valence-electron chi connectivity index (χ1n) is 5.85. The lowest BCUT2D eigenvalue weighted by atomic mass is 10.1. The lowest BCUT2D eigenvalue weighted by molar-refractivity contribution is -0.113. The highest BCUT2D eigenvalue weighted by atomic mass is 19.3.